The Kier molecular flexibility index (Phi) is 11.4. The Balaban J connectivity index is 2.72. The Morgan fingerprint density at radius 2 is 1.27 bits per heavy atom. The molecule has 0 bridgehead atoms. The molecule has 0 atom stereocenters. The van der Waals surface area contributed by atoms with Crippen LogP contribution >= 0.6 is 23.4 Å². The van der Waals surface area contributed by atoms with Gasteiger partial charge >= 0.3 is 152 Å². The number of benzene rings is 1. The first-order valence-corrected chi connectivity index (χ1v) is 18.5. The van der Waals surface area contributed by atoms with E-state index in [0.29, 0.717) is 0 Å². The summed E-state index contributed by atoms with van der Waals surface area (Å²) in [5.74, 6) is 0. The standard InChI is InChI=1S/C7H6ClS.3C4H9.Sn/c1-9-7-4-2-6(8)3-5-7;3*1-3-4-2;/h2-5H,1H2;3*1,3-4H2,2H3;. The van der Waals surface area contributed by atoms with E-state index in [0.717, 1.165) is 5.02 Å². The Hall–Kier alpha value is 0.659. The van der Waals surface area contributed by atoms with Crippen LogP contribution in [0.2, 0.25) is 18.3 Å². The number of unbranched alkanes of at least 4 members (excludes halogenated alkanes) is 3. The maximum absolute atomic E-state index is 6.01. The zero-order chi connectivity index (χ0) is 16.3. The third-order valence-corrected chi connectivity index (χ3v) is 24.7. The van der Waals surface area contributed by atoms with Crippen LogP contribution in [0, 0.1) is 0 Å². The van der Waals surface area contributed by atoms with Crippen molar-refractivity contribution in [3.63, 3.8) is 0 Å². The molecule has 0 N–H and O–H groups in total. The molecule has 1 aromatic carbocycles. The summed E-state index contributed by atoms with van der Waals surface area (Å²) in [6.07, 6.45) is 8.48. The summed E-state index contributed by atoms with van der Waals surface area (Å²) in [4.78, 5) is 1.41. The van der Waals surface area contributed by atoms with Gasteiger partial charge in [0.05, 0.1) is 0 Å². The van der Waals surface area contributed by atoms with E-state index in [-0.39, 0.29) is 0 Å². The van der Waals surface area contributed by atoms with Crippen LogP contribution in [0.1, 0.15) is 59.3 Å². The topological polar surface area (TPSA) is 0 Å². The predicted molar refractivity (Wildman–Crippen MR) is 107 cm³/mol. The Labute approximate surface area is 151 Å². The molecule has 0 amide bonds. The minimum atomic E-state index is -1.97. The van der Waals surface area contributed by atoms with Gasteiger partial charge in [-0.15, -0.1) is 0 Å². The van der Waals surface area contributed by atoms with E-state index < -0.39 is 18.4 Å². The van der Waals surface area contributed by atoms with Gasteiger partial charge in [-0.2, -0.15) is 0 Å². The van der Waals surface area contributed by atoms with Gasteiger partial charge in [0.25, 0.3) is 0 Å². The summed E-state index contributed by atoms with van der Waals surface area (Å²) in [7, 11) is 0. The summed E-state index contributed by atoms with van der Waals surface area (Å²) in [5.41, 5.74) is 0. The molecule has 0 fully saturated rings. The second-order valence-electron chi connectivity index (χ2n) is 6.55. The zero-order valence-corrected chi connectivity index (χ0v) is 19.1. The van der Waals surface area contributed by atoms with E-state index >= 15 is 0 Å². The van der Waals surface area contributed by atoms with Crippen LogP contribution < -0.4 is 0 Å². The van der Waals surface area contributed by atoms with Crippen LogP contribution in [0.5, 0.6) is 0 Å². The van der Waals surface area contributed by atoms with E-state index in [4.69, 9.17) is 11.6 Å². The van der Waals surface area contributed by atoms with Crippen LogP contribution in [-0.2, 0) is 0 Å². The molecule has 0 nitrogen and oxygen atoms in total. The zero-order valence-electron chi connectivity index (χ0n) is 14.7. The van der Waals surface area contributed by atoms with Crippen molar-refractivity contribution in [1.29, 1.82) is 0 Å². The SMILES string of the molecule is CCC[CH2][Sn]([CH2]CCC)([CH2]CCC)[CH2]Sc1ccc(Cl)cc1. The first kappa shape index (κ1) is 20.7. The minimum absolute atomic E-state index is 0.849. The molecular formula is C19H33ClSSn. The summed E-state index contributed by atoms with van der Waals surface area (Å²) < 4.78 is 6.28. The van der Waals surface area contributed by atoms with Gasteiger partial charge in [-0.1, -0.05) is 0 Å². The molecule has 0 unspecified atom stereocenters. The normalized spacial score (nSPS) is 11.8. The molecule has 0 saturated carbocycles. The molecule has 0 radical (unpaired) electrons. The molecule has 1 aromatic rings. The number of halogens is 1. The van der Waals surface area contributed by atoms with Gasteiger partial charge in [0.2, 0.25) is 0 Å². The first-order valence-electron chi connectivity index (χ1n) is 9.04. The molecular weight excluding hydrogens is 414 g/mol. The first-order chi connectivity index (χ1) is 10.7. The van der Waals surface area contributed by atoms with Crippen molar-refractivity contribution in [3.8, 4) is 0 Å². The molecule has 1 rings (SSSR count). The summed E-state index contributed by atoms with van der Waals surface area (Å²) in [6, 6.07) is 8.46. The predicted octanol–water partition coefficient (Wildman–Crippen LogP) is 7.82. The fraction of sp³-hybridized carbons (Fsp3) is 0.684. The summed E-state index contributed by atoms with van der Waals surface area (Å²) in [5, 5.41) is 0.849. The number of hydrogen-bond donors (Lipinski definition) is 0. The van der Waals surface area contributed by atoms with Crippen molar-refractivity contribution < 1.29 is 0 Å². The number of hydrogen-bond acceptors (Lipinski definition) is 1. The van der Waals surface area contributed by atoms with Crippen molar-refractivity contribution in [2.75, 3.05) is 3.77 Å². The van der Waals surface area contributed by atoms with E-state index in [1.165, 1.54) is 47.2 Å². The van der Waals surface area contributed by atoms with Crippen molar-refractivity contribution in [1.82, 2.24) is 0 Å². The summed E-state index contributed by atoms with van der Waals surface area (Å²) in [6.45, 7) is 7.05. The van der Waals surface area contributed by atoms with Crippen LogP contribution in [0.25, 0.3) is 0 Å². The summed E-state index contributed by atoms with van der Waals surface area (Å²) >= 11 is 6.16. The van der Waals surface area contributed by atoms with E-state index in [9.17, 15) is 0 Å². The van der Waals surface area contributed by atoms with Crippen molar-refractivity contribution in [3.05, 3.63) is 29.3 Å². The Bertz CT molecular complexity index is 369. The molecule has 0 aliphatic rings. The van der Waals surface area contributed by atoms with Crippen LogP contribution in [0.4, 0.5) is 0 Å². The van der Waals surface area contributed by atoms with E-state index in [2.05, 4.69) is 44.7 Å². The van der Waals surface area contributed by atoms with Crippen molar-refractivity contribution in [2.24, 2.45) is 0 Å². The average Bonchev–Trinajstić information content (AvgIpc) is 2.55. The molecule has 0 heterocycles. The maximum atomic E-state index is 6.01. The van der Waals surface area contributed by atoms with Gasteiger partial charge in [0.15, 0.2) is 0 Å². The monoisotopic (exact) mass is 448 g/mol. The van der Waals surface area contributed by atoms with Gasteiger partial charge < -0.3 is 0 Å². The third-order valence-electron chi connectivity index (χ3n) is 4.54. The van der Waals surface area contributed by atoms with E-state index in [1.54, 1.807) is 13.3 Å². The quantitative estimate of drug-likeness (QED) is 0.232. The number of thioether (sulfide) groups is 1. The fourth-order valence-electron chi connectivity index (χ4n) is 3.01. The number of rotatable bonds is 12. The Morgan fingerprint density at radius 3 is 1.68 bits per heavy atom. The van der Waals surface area contributed by atoms with Crippen LogP contribution in [0.3, 0.4) is 0 Å². The molecule has 0 aromatic heterocycles. The van der Waals surface area contributed by atoms with Gasteiger partial charge in [-0.25, -0.2) is 0 Å². The molecule has 0 saturated heterocycles. The van der Waals surface area contributed by atoms with E-state index in [1.807, 2.05) is 12.1 Å². The Morgan fingerprint density at radius 1 is 0.818 bits per heavy atom. The molecule has 0 spiro atoms. The average molecular weight is 448 g/mol. The molecule has 126 valence electrons. The second kappa shape index (κ2) is 12.1. The van der Waals surface area contributed by atoms with Gasteiger partial charge in [0, 0.05) is 0 Å². The molecule has 0 aliphatic heterocycles. The van der Waals surface area contributed by atoms with Gasteiger partial charge in [-0.3, -0.25) is 0 Å². The second-order valence-corrected chi connectivity index (χ2v) is 23.4. The fourth-order valence-corrected chi connectivity index (χ4v) is 23.7. The molecule has 22 heavy (non-hydrogen) atoms. The van der Waals surface area contributed by atoms with Gasteiger partial charge in [0.1, 0.15) is 0 Å². The molecule has 3 heteroatoms. The molecule has 0 aliphatic carbocycles. The van der Waals surface area contributed by atoms with Crippen molar-refractivity contribution in [2.45, 2.75) is 77.5 Å². The van der Waals surface area contributed by atoms with Crippen LogP contribution in [-0.4, -0.2) is 22.1 Å². The third kappa shape index (κ3) is 7.97. The van der Waals surface area contributed by atoms with Crippen LogP contribution in [0.15, 0.2) is 29.2 Å². The van der Waals surface area contributed by atoms with Crippen molar-refractivity contribution >= 4 is 41.7 Å². The van der Waals surface area contributed by atoms with Gasteiger partial charge in [-0.05, 0) is 0 Å².